The molecule has 0 aliphatic heterocycles. The zero-order chi connectivity index (χ0) is 12.0. The van der Waals surface area contributed by atoms with E-state index in [2.05, 4.69) is 55.9 Å². The van der Waals surface area contributed by atoms with Crippen molar-refractivity contribution in [2.45, 2.75) is 12.5 Å². The van der Waals surface area contributed by atoms with Gasteiger partial charge in [0.1, 0.15) is 0 Å². The summed E-state index contributed by atoms with van der Waals surface area (Å²) in [5.41, 5.74) is 6.96. The molecule has 0 amide bonds. The monoisotopic (exact) mass is 346 g/mol. The summed E-state index contributed by atoms with van der Waals surface area (Å²) < 4.78 is 2.10. The van der Waals surface area contributed by atoms with Gasteiger partial charge < -0.3 is 11.1 Å². The minimum Gasteiger partial charge on any atom is -0.329 e. The molecule has 1 aromatic rings. The second kappa shape index (κ2) is 7.22. The number of benzene rings is 1. The Labute approximate surface area is 114 Å². The highest BCUT2D eigenvalue weighted by molar-refractivity contribution is 9.13. The molecule has 2 nitrogen and oxygen atoms in total. The van der Waals surface area contributed by atoms with Crippen LogP contribution in [0.1, 0.15) is 18.0 Å². The summed E-state index contributed by atoms with van der Waals surface area (Å²) in [4.78, 5) is 0. The van der Waals surface area contributed by atoms with Gasteiger partial charge in [-0.3, -0.25) is 0 Å². The van der Waals surface area contributed by atoms with Gasteiger partial charge in [0.2, 0.25) is 0 Å². The predicted octanol–water partition coefficient (Wildman–Crippen LogP) is 3.38. The summed E-state index contributed by atoms with van der Waals surface area (Å²) in [5.74, 6) is 0. The second-order valence-corrected chi connectivity index (χ2v) is 5.20. The van der Waals surface area contributed by atoms with Gasteiger partial charge in [-0.15, -0.1) is 6.58 Å². The Balaban J connectivity index is 2.70. The van der Waals surface area contributed by atoms with Gasteiger partial charge in [-0.1, -0.05) is 12.1 Å². The fraction of sp³-hybridized carbons (Fsp3) is 0.333. The first-order valence-electron chi connectivity index (χ1n) is 5.18. The van der Waals surface area contributed by atoms with Crippen molar-refractivity contribution < 1.29 is 0 Å². The SMILES string of the molecule is C=CCCNC(CN)c1ccc(Br)c(Br)c1. The van der Waals surface area contributed by atoms with Crippen LogP contribution in [-0.2, 0) is 0 Å². The second-order valence-electron chi connectivity index (χ2n) is 3.49. The smallest absolute Gasteiger partial charge is 0.0445 e. The molecule has 0 radical (unpaired) electrons. The molecular formula is C12H16Br2N2. The van der Waals surface area contributed by atoms with E-state index in [0.717, 1.165) is 21.9 Å². The standard InChI is InChI=1S/C12H16Br2N2/c1-2-3-6-16-12(8-15)9-4-5-10(13)11(14)7-9/h2,4-5,7,12,16H,1,3,6,8,15H2. The van der Waals surface area contributed by atoms with E-state index in [1.54, 1.807) is 0 Å². The van der Waals surface area contributed by atoms with E-state index in [1.807, 2.05) is 12.1 Å². The molecule has 88 valence electrons. The van der Waals surface area contributed by atoms with Crippen LogP contribution in [0.25, 0.3) is 0 Å². The molecule has 16 heavy (non-hydrogen) atoms. The molecule has 0 aliphatic carbocycles. The topological polar surface area (TPSA) is 38.0 Å². The van der Waals surface area contributed by atoms with Crippen LogP contribution in [0.15, 0.2) is 39.8 Å². The van der Waals surface area contributed by atoms with Crippen molar-refractivity contribution in [3.8, 4) is 0 Å². The zero-order valence-corrected chi connectivity index (χ0v) is 12.2. The van der Waals surface area contributed by atoms with Gasteiger partial charge in [0.15, 0.2) is 0 Å². The van der Waals surface area contributed by atoms with E-state index in [-0.39, 0.29) is 6.04 Å². The highest BCUT2D eigenvalue weighted by Crippen LogP contribution is 2.26. The highest BCUT2D eigenvalue weighted by atomic mass is 79.9. The Hall–Kier alpha value is -0.160. The summed E-state index contributed by atoms with van der Waals surface area (Å²) in [7, 11) is 0. The van der Waals surface area contributed by atoms with Crippen molar-refractivity contribution in [3.63, 3.8) is 0 Å². The van der Waals surface area contributed by atoms with Gasteiger partial charge in [0.05, 0.1) is 0 Å². The van der Waals surface area contributed by atoms with Crippen molar-refractivity contribution >= 4 is 31.9 Å². The van der Waals surface area contributed by atoms with E-state index in [1.165, 1.54) is 5.56 Å². The van der Waals surface area contributed by atoms with Gasteiger partial charge in [0, 0.05) is 21.5 Å². The van der Waals surface area contributed by atoms with Crippen LogP contribution in [0.2, 0.25) is 0 Å². The predicted molar refractivity (Wildman–Crippen MR) is 76.5 cm³/mol. The van der Waals surface area contributed by atoms with Crippen molar-refractivity contribution in [3.05, 3.63) is 45.4 Å². The molecule has 0 aromatic heterocycles. The first-order valence-corrected chi connectivity index (χ1v) is 6.77. The van der Waals surface area contributed by atoms with Crippen LogP contribution in [0.5, 0.6) is 0 Å². The minimum absolute atomic E-state index is 0.198. The Morgan fingerprint density at radius 3 is 2.69 bits per heavy atom. The van der Waals surface area contributed by atoms with E-state index in [0.29, 0.717) is 6.54 Å². The maximum Gasteiger partial charge on any atom is 0.0445 e. The molecule has 0 spiro atoms. The minimum atomic E-state index is 0.198. The molecule has 0 heterocycles. The van der Waals surface area contributed by atoms with E-state index < -0.39 is 0 Å². The molecule has 0 fully saturated rings. The number of hydrogen-bond donors (Lipinski definition) is 2. The molecule has 0 saturated heterocycles. The molecule has 1 aromatic carbocycles. The van der Waals surface area contributed by atoms with E-state index in [4.69, 9.17) is 5.73 Å². The molecular weight excluding hydrogens is 332 g/mol. The first kappa shape index (κ1) is 13.9. The largest absolute Gasteiger partial charge is 0.329 e. The van der Waals surface area contributed by atoms with Crippen LogP contribution in [0.4, 0.5) is 0 Å². The fourth-order valence-electron chi connectivity index (χ4n) is 1.43. The molecule has 3 N–H and O–H groups in total. The molecule has 0 bridgehead atoms. The Bertz CT molecular complexity index is 353. The summed E-state index contributed by atoms with van der Waals surface area (Å²) >= 11 is 6.95. The maximum atomic E-state index is 5.76. The normalized spacial score (nSPS) is 12.4. The maximum absolute atomic E-state index is 5.76. The van der Waals surface area contributed by atoms with Gasteiger partial charge >= 0.3 is 0 Å². The van der Waals surface area contributed by atoms with Crippen molar-refractivity contribution in [2.75, 3.05) is 13.1 Å². The first-order chi connectivity index (χ1) is 7.69. The molecule has 1 unspecified atom stereocenters. The molecule has 4 heteroatoms. The lowest BCUT2D eigenvalue weighted by atomic mass is 10.1. The lowest BCUT2D eigenvalue weighted by Crippen LogP contribution is -2.28. The number of nitrogens with two attached hydrogens (primary N) is 1. The van der Waals surface area contributed by atoms with E-state index >= 15 is 0 Å². The van der Waals surface area contributed by atoms with Crippen LogP contribution in [0, 0.1) is 0 Å². The zero-order valence-electron chi connectivity index (χ0n) is 9.05. The summed E-state index contributed by atoms with van der Waals surface area (Å²) in [5, 5.41) is 3.40. The van der Waals surface area contributed by atoms with Crippen LogP contribution < -0.4 is 11.1 Å². The fourth-order valence-corrected chi connectivity index (χ4v) is 2.07. The molecule has 1 atom stereocenters. The van der Waals surface area contributed by atoms with Gasteiger partial charge in [-0.25, -0.2) is 0 Å². The number of rotatable bonds is 6. The number of hydrogen-bond acceptors (Lipinski definition) is 2. The Morgan fingerprint density at radius 1 is 1.38 bits per heavy atom. The van der Waals surface area contributed by atoms with Crippen molar-refractivity contribution in [2.24, 2.45) is 5.73 Å². The van der Waals surface area contributed by atoms with Gasteiger partial charge in [-0.05, 0) is 62.5 Å². The lowest BCUT2D eigenvalue weighted by Gasteiger charge is -2.17. The summed E-state index contributed by atoms with van der Waals surface area (Å²) in [6.07, 6.45) is 2.85. The molecule has 0 saturated carbocycles. The third-order valence-electron chi connectivity index (χ3n) is 2.32. The third kappa shape index (κ3) is 4.01. The van der Waals surface area contributed by atoms with Crippen LogP contribution >= 0.6 is 31.9 Å². The summed E-state index contributed by atoms with van der Waals surface area (Å²) in [6, 6.07) is 6.39. The van der Waals surface area contributed by atoms with Gasteiger partial charge in [-0.2, -0.15) is 0 Å². The van der Waals surface area contributed by atoms with Crippen LogP contribution in [0.3, 0.4) is 0 Å². The van der Waals surface area contributed by atoms with Crippen molar-refractivity contribution in [1.82, 2.24) is 5.32 Å². The molecule has 1 rings (SSSR count). The number of nitrogens with one attached hydrogen (secondary N) is 1. The van der Waals surface area contributed by atoms with Crippen molar-refractivity contribution in [1.29, 1.82) is 0 Å². The van der Waals surface area contributed by atoms with E-state index in [9.17, 15) is 0 Å². The quantitative estimate of drug-likeness (QED) is 0.611. The Kier molecular flexibility index (Phi) is 6.28. The third-order valence-corrected chi connectivity index (χ3v) is 4.20. The Morgan fingerprint density at radius 2 is 2.12 bits per heavy atom. The van der Waals surface area contributed by atoms with Crippen LogP contribution in [-0.4, -0.2) is 13.1 Å². The van der Waals surface area contributed by atoms with Gasteiger partial charge in [0.25, 0.3) is 0 Å². The average molecular weight is 348 g/mol. The summed E-state index contributed by atoms with van der Waals surface area (Å²) in [6.45, 7) is 5.19. The highest BCUT2D eigenvalue weighted by Gasteiger charge is 2.09. The average Bonchev–Trinajstić information content (AvgIpc) is 2.29. The number of halogens is 2. The molecule has 0 aliphatic rings. The lowest BCUT2D eigenvalue weighted by molar-refractivity contribution is 0.548.